The number of pyridine rings is 1. The van der Waals surface area contributed by atoms with Gasteiger partial charge in [0.15, 0.2) is 0 Å². The topological polar surface area (TPSA) is 44.4 Å². The third-order valence-corrected chi connectivity index (χ3v) is 5.51. The third kappa shape index (κ3) is 4.91. The number of nitrogens with one attached hydrogen (secondary N) is 1. The molecule has 0 saturated heterocycles. The van der Waals surface area contributed by atoms with E-state index in [1.54, 1.807) is 4.90 Å². The lowest BCUT2D eigenvalue weighted by Gasteiger charge is -2.14. The van der Waals surface area contributed by atoms with Crippen molar-refractivity contribution in [1.82, 2.24) is 14.8 Å². The molecule has 0 radical (unpaired) electrons. The van der Waals surface area contributed by atoms with E-state index in [-0.39, 0.29) is 12.4 Å². The van der Waals surface area contributed by atoms with Crippen LogP contribution < -0.4 is 22.0 Å². The lowest BCUT2D eigenvalue weighted by Crippen LogP contribution is -3.11. The second-order valence-corrected chi connectivity index (χ2v) is 7.38. The number of quaternary nitrogens is 1. The molecule has 0 fully saturated rings. The summed E-state index contributed by atoms with van der Waals surface area (Å²) in [7, 11) is 0. The minimum Gasteiger partial charge on any atom is -1.00 e. The molecule has 0 spiro atoms. The van der Waals surface area contributed by atoms with Crippen molar-refractivity contribution in [1.29, 1.82) is 0 Å². The number of halogens is 1. The van der Waals surface area contributed by atoms with Gasteiger partial charge in [0.05, 0.1) is 54.9 Å². The van der Waals surface area contributed by atoms with Crippen molar-refractivity contribution in [3.8, 4) is 5.88 Å². The lowest BCUT2D eigenvalue weighted by molar-refractivity contribution is -0.896. The van der Waals surface area contributed by atoms with Gasteiger partial charge in [0.1, 0.15) is 0 Å². The number of para-hydroxylation sites is 2. The highest BCUT2D eigenvalue weighted by molar-refractivity contribution is 5.84. The van der Waals surface area contributed by atoms with Crippen LogP contribution in [-0.4, -0.2) is 41.0 Å². The zero-order valence-electron chi connectivity index (χ0n) is 17.6. The zero-order chi connectivity index (χ0) is 20.1. The second kappa shape index (κ2) is 10.4. The average Bonchev–Trinajstić information content (AvgIpc) is 3.11. The molecule has 2 aromatic carbocycles. The van der Waals surface area contributed by atoms with Crippen LogP contribution in [0.2, 0.25) is 0 Å². The number of aromatic nitrogens is 3. The molecule has 0 unspecified atom stereocenters. The van der Waals surface area contributed by atoms with Crippen molar-refractivity contribution in [3.05, 3.63) is 66.4 Å². The Bertz CT molecular complexity index is 1090. The maximum atomic E-state index is 6.08. The first-order chi connectivity index (χ1) is 14.3. The normalized spacial score (nSPS) is 11.2. The van der Waals surface area contributed by atoms with Crippen LogP contribution in [0.5, 0.6) is 5.88 Å². The summed E-state index contributed by atoms with van der Waals surface area (Å²) in [6, 6.07) is 20.6. The summed E-state index contributed by atoms with van der Waals surface area (Å²) in [5, 5.41) is 6.98. The van der Waals surface area contributed by atoms with Crippen LogP contribution in [0, 0.1) is 0 Å². The molecule has 5 nitrogen and oxygen atoms in total. The Labute approximate surface area is 184 Å². The van der Waals surface area contributed by atoms with Gasteiger partial charge in [-0.25, -0.2) is 0 Å². The van der Waals surface area contributed by atoms with Gasteiger partial charge in [0.25, 0.3) is 0 Å². The van der Waals surface area contributed by atoms with Crippen LogP contribution in [0.4, 0.5) is 0 Å². The largest absolute Gasteiger partial charge is 1.00 e. The predicted octanol–water partition coefficient (Wildman–Crippen LogP) is 0.330. The fourth-order valence-electron chi connectivity index (χ4n) is 3.77. The van der Waals surface area contributed by atoms with Crippen molar-refractivity contribution >= 4 is 21.8 Å². The van der Waals surface area contributed by atoms with Crippen molar-refractivity contribution in [2.45, 2.75) is 26.8 Å². The Hall–Kier alpha value is -2.63. The van der Waals surface area contributed by atoms with Crippen LogP contribution in [0.1, 0.15) is 26.0 Å². The van der Waals surface area contributed by atoms with Crippen molar-refractivity contribution in [3.63, 3.8) is 0 Å². The number of hydrogen-bond acceptors (Lipinski definition) is 3. The Morgan fingerprint density at radius 2 is 1.70 bits per heavy atom. The summed E-state index contributed by atoms with van der Waals surface area (Å²) in [6.45, 7) is 9.23. The molecule has 0 aliphatic carbocycles. The molecule has 1 N–H and O–H groups in total. The average molecular weight is 425 g/mol. The molecule has 0 aliphatic rings. The van der Waals surface area contributed by atoms with Gasteiger partial charge >= 0.3 is 0 Å². The van der Waals surface area contributed by atoms with Gasteiger partial charge in [-0.1, -0.05) is 36.4 Å². The summed E-state index contributed by atoms with van der Waals surface area (Å²) in [5.74, 6) is 0.718. The van der Waals surface area contributed by atoms with Gasteiger partial charge in [0.2, 0.25) is 5.88 Å². The minimum absolute atomic E-state index is 0. The number of rotatable bonds is 9. The first-order valence-corrected chi connectivity index (χ1v) is 10.5. The Kier molecular flexibility index (Phi) is 7.66. The summed E-state index contributed by atoms with van der Waals surface area (Å²) < 4.78 is 8.08. The maximum absolute atomic E-state index is 6.08. The van der Waals surface area contributed by atoms with Gasteiger partial charge in [-0.15, -0.1) is 5.10 Å². The van der Waals surface area contributed by atoms with Gasteiger partial charge < -0.3 is 22.0 Å². The summed E-state index contributed by atoms with van der Waals surface area (Å²) in [5.41, 5.74) is 3.08. The van der Waals surface area contributed by atoms with E-state index in [1.165, 1.54) is 0 Å². The molecule has 6 heteroatoms. The van der Waals surface area contributed by atoms with E-state index >= 15 is 0 Å². The van der Waals surface area contributed by atoms with E-state index in [4.69, 9.17) is 14.8 Å². The van der Waals surface area contributed by atoms with Crippen molar-refractivity contribution < 1.29 is 22.0 Å². The van der Waals surface area contributed by atoms with Gasteiger partial charge in [-0.2, -0.15) is 0 Å². The number of fused-ring (bicyclic) bond motifs is 2. The molecular formula is C24H29ClN4O. The Morgan fingerprint density at radius 1 is 0.933 bits per heavy atom. The molecule has 30 heavy (non-hydrogen) atoms. The molecule has 2 aromatic heterocycles. The van der Waals surface area contributed by atoms with Crippen molar-refractivity contribution in [2.75, 3.05) is 26.2 Å². The molecule has 0 atom stereocenters. The molecule has 0 saturated carbocycles. The van der Waals surface area contributed by atoms with Crippen LogP contribution >= 0.6 is 0 Å². The molecule has 4 aromatic rings. The van der Waals surface area contributed by atoms with Crippen LogP contribution in [0.25, 0.3) is 21.8 Å². The van der Waals surface area contributed by atoms with E-state index in [1.807, 2.05) is 35.0 Å². The SMILES string of the molecule is CC[NH+](CC)CCCOc1nn(Cc2ccc3ccccc3n2)c2ccccc12.[Cl-]. The fourth-order valence-corrected chi connectivity index (χ4v) is 3.77. The van der Waals surface area contributed by atoms with Crippen molar-refractivity contribution in [2.24, 2.45) is 0 Å². The first-order valence-electron chi connectivity index (χ1n) is 10.5. The number of ether oxygens (including phenoxy) is 1. The van der Waals surface area contributed by atoms with Crippen LogP contribution in [-0.2, 0) is 6.54 Å². The molecule has 0 aliphatic heterocycles. The summed E-state index contributed by atoms with van der Waals surface area (Å²) in [6.07, 6.45) is 1.03. The van der Waals surface area contributed by atoms with E-state index in [9.17, 15) is 0 Å². The quantitative estimate of drug-likeness (QED) is 0.394. The molecule has 4 rings (SSSR count). The fraction of sp³-hybridized carbons (Fsp3) is 0.333. The second-order valence-electron chi connectivity index (χ2n) is 7.38. The molecule has 2 heterocycles. The highest BCUT2D eigenvalue weighted by Gasteiger charge is 2.13. The highest BCUT2D eigenvalue weighted by atomic mass is 35.5. The maximum Gasteiger partial charge on any atom is 0.240 e. The van der Waals surface area contributed by atoms with Crippen LogP contribution in [0.15, 0.2) is 60.7 Å². The number of hydrogen-bond donors (Lipinski definition) is 1. The highest BCUT2D eigenvalue weighted by Crippen LogP contribution is 2.25. The van der Waals surface area contributed by atoms with E-state index in [2.05, 4.69) is 44.2 Å². The molecule has 0 amide bonds. The molecule has 158 valence electrons. The monoisotopic (exact) mass is 424 g/mol. The van der Waals surface area contributed by atoms with E-state index in [0.29, 0.717) is 13.2 Å². The number of benzene rings is 2. The Morgan fingerprint density at radius 3 is 2.53 bits per heavy atom. The first kappa shape index (κ1) is 22.1. The standard InChI is InChI=1S/C24H28N4O.ClH/c1-3-27(4-2)16-9-17-29-24-21-11-6-8-13-23(21)28(26-24)18-20-15-14-19-10-5-7-12-22(19)25-20;/h5-8,10-15H,3-4,9,16-18H2,1-2H3;1H. The predicted molar refractivity (Wildman–Crippen MR) is 118 cm³/mol. The Balaban J connectivity index is 0.00000256. The minimum atomic E-state index is 0. The lowest BCUT2D eigenvalue weighted by atomic mass is 10.2. The van der Waals surface area contributed by atoms with Gasteiger partial charge in [-0.05, 0) is 38.1 Å². The molecule has 0 bridgehead atoms. The summed E-state index contributed by atoms with van der Waals surface area (Å²) in [4.78, 5) is 6.40. The third-order valence-electron chi connectivity index (χ3n) is 5.51. The molecular weight excluding hydrogens is 396 g/mol. The van der Waals surface area contributed by atoms with E-state index in [0.717, 1.165) is 59.4 Å². The van der Waals surface area contributed by atoms with Gasteiger partial charge in [-0.3, -0.25) is 9.67 Å². The number of nitrogens with zero attached hydrogens (tertiary/aromatic N) is 3. The van der Waals surface area contributed by atoms with Crippen LogP contribution in [0.3, 0.4) is 0 Å². The van der Waals surface area contributed by atoms with Gasteiger partial charge in [0, 0.05) is 11.8 Å². The summed E-state index contributed by atoms with van der Waals surface area (Å²) >= 11 is 0. The smallest absolute Gasteiger partial charge is 0.240 e. The van der Waals surface area contributed by atoms with E-state index < -0.39 is 0 Å². The zero-order valence-corrected chi connectivity index (χ0v) is 18.4.